The fourth-order valence-corrected chi connectivity index (χ4v) is 6.60. The Hall–Kier alpha value is -3.01. The van der Waals surface area contributed by atoms with Crippen LogP contribution in [0.1, 0.15) is 22.3 Å². The molecule has 0 saturated carbocycles. The van der Waals surface area contributed by atoms with Crippen molar-refractivity contribution >= 4 is 8.17 Å². The largest absolute Gasteiger partial charge is 0.606 e. The van der Waals surface area contributed by atoms with E-state index in [4.69, 9.17) is 32.5 Å². The lowest BCUT2D eigenvalue weighted by atomic mass is 9.87. The highest BCUT2D eigenvalue weighted by Gasteiger charge is 2.59. The molecule has 0 aromatic heterocycles. The van der Waals surface area contributed by atoms with Gasteiger partial charge in [0.05, 0.1) is 26.4 Å². The maximum Gasteiger partial charge on any atom is 0.379 e. The number of phosphoric ester groups is 1. The Morgan fingerprint density at radius 3 is 1.52 bits per heavy atom. The molecule has 2 heterocycles. The van der Waals surface area contributed by atoms with Crippen LogP contribution < -0.4 is 4.89 Å². The van der Waals surface area contributed by atoms with Gasteiger partial charge < -0.3 is 23.8 Å². The molecule has 2 saturated heterocycles. The molecule has 2 aliphatic heterocycles. The third kappa shape index (κ3) is 7.98. The van der Waals surface area contributed by atoms with E-state index in [9.17, 15) is 4.89 Å². The Kier molecular flexibility index (Phi) is 10.5. The number of rotatable bonds is 12. The summed E-state index contributed by atoms with van der Waals surface area (Å²) in [6.45, 7) is 1.21. The summed E-state index contributed by atoms with van der Waals surface area (Å²) in [5.41, 5.74) is 2.81. The molecule has 3 atom stereocenters. The van der Waals surface area contributed by atoms with E-state index in [1.165, 1.54) is 0 Å². The van der Waals surface area contributed by atoms with E-state index in [-0.39, 0.29) is 26.4 Å². The number of hydrogen-bond acceptors (Lipinski definition) is 8. The average molecular weight is 617 g/mol. The Labute approximate surface area is 259 Å². The lowest BCUT2D eigenvalue weighted by molar-refractivity contribution is -0.320. The summed E-state index contributed by atoms with van der Waals surface area (Å²) in [4.78, 5) is 13.4. The van der Waals surface area contributed by atoms with E-state index >= 15 is 0 Å². The van der Waals surface area contributed by atoms with Crippen molar-refractivity contribution in [1.29, 1.82) is 0 Å². The summed E-state index contributed by atoms with van der Waals surface area (Å²) in [6, 6.07) is 39.3. The minimum atomic E-state index is -3.83. The zero-order chi connectivity index (χ0) is 30.1. The van der Waals surface area contributed by atoms with Crippen LogP contribution in [0.4, 0.5) is 0 Å². The van der Waals surface area contributed by atoms with Crippen molar-refractivity contribution in [2.24, 2.45) is 0 Å². The minimum absolute atomic E-state index is 0.0604. The van der Waals surface area contributed by atoms with Gasteiger partial charge in [-0.1, -0.05) is 121 Å². The molecule has 0 radical (unpaired) electrons. The molecule has 44 heavy (non-hydrogen) atoms. The summed E-state index contributed by atoms with van der Waals surface area (Å²) in [5, 5.41) is 0. The Morgan fingerprint density at radius 2 is 1.02 bits per heavy atom. The van der Waals surface area contributed by atoms with Crippen LogP contribution in [0.5, 0.6) is 0 Å². The van der Waals surface area contributed by atoms with Crippen molar-refractivity contribution in [3.8, 4) is 0 Å². The second kappa shape index (κ2) is 14.8. The maximum atomic E-state index is 13.4. The smallest absolute Gasteiger partial charge is 0.379 e. The standard InChI is InChI=1S/C35H37O8P/c36-44(41-24-31-19-11-4-12-20-31)42-26-35(27-43-44)34(39-23-30-17-9-3-10-18-30)33(38-22-29-15-7-2-8-16-29)32(25-40-35)37-21-28-13-5-1-6-14-28/h1-20,32-34H,21-27H2/t32?,33-,34+,35?,44?/m1/s1. The molecule has 6 rings (SSSR count). The monoisotopic (exact) mass is 616 g/mol. The van der Waals surface area contributed by atoms with Gasteiger partial charge in [-0.25, -0.2) is 0 Å². The van der Waals surface area contributed by atoms with Crippen molar-refractivity contribution in [2.45, 2.75) is 50.3 Å². The van der Waals surface area contributed by atoms with Crippen LogP contribution in [0.15, 0.2) is 121 Å². The number of ether oxygens (including phenoxy) is 4. The molecular weight excluding hydrogens is 579 g/mol. The molecule has 0 bridgehead atoms. The topological polar surface area (TPSA) is 87.7 Å². The molecule has 9 heteroatoms. The van der Waals surface area contributed by atoms with Crippen LogP contribution in [0.3, 0.4) is 0 Å². The fraction of sp³-hybridized carbons (Fsp3) is 0.314. The first-order valence-corrected chi connectivity index (χ1v) is 16.3. The highest BCUT2D eigenvalue weighted by atomic mass is 31.2. The van der Waals surface area contributed by atoms with Crippen molar-refractivity contribution < 1.29 is 37.4 Å². The Balaban J connectivity index is 1.23. The van der Waals surface area contributed by atoms with E-state index in [0.29, 0.717) is 19.8 Å². The predicted molar refractivity (Wildman–Crippen MR) is 164 cm³/mol. The quantitative estimate of drug-likeness (QED) is 0.184. The molecular formula is C35H37O8P. The Bertz CT molecular complexity index is 1400. The van der Waals surface area contributed by atoms with Crippen LogP contribution in [0, 0.1) is 0 Å². The third-order valence-corrected chi connectivity index (χ3v) is 9.09. The summed E-state index contributed by atoms with van der Waals surface area (Å²) < 4.78 is 43.5. The van der Waals surface area contributed by atoms with Gasteiger partial charge in [-0.05, 0) is 22.3 Å². The average Bonchev–Trinajstić information content (AvgIpc) is 3.09. The summed E-state index contributed by atoms with van der Waals surface area (Å²) in [5.74, 6) is 0. The van der Waals surface area contributed by atoms with E-state index in [0.717, 1.165) is 22.3 Å². The van der Waals surface area contributed by atoms with Crippen LogP contribution in [-0.4, -0.2) is 43.7 Å². The molecule has 1 spiro atoms. The first-order chi connectivity index (χ1) is 21.6. The maximum absolute atomic E-state index is 13.4. The van der Waals surface area contributed by atoms with Crippen molar-refractivity contribution in [1.82, 2.24) is 0 Å². The van der Waals surface area contributed by atoms with Gasteiger partial charge in [0.15, 0.2) is 5.60 Å². The highest BCUT2D eigenvalue weighted by molar-refractivity contribution is 7.54. The predicted octanol–water partition coefficient (Wildman–Crippen LogP) is 5.81. The van der Waals surface area contributed by atoms with E-state index in [2.05, 4.69) is 0 Å². The van der Waals surface area contributed by atoms with Crippen molar-refractivity contribution in [3.05, 3.63) is 144 Å². The Morgan fingerprint density at radius 1 is 0.591 bits per heavy atom. The number of phosphoric acid groups is 1. The molecule has 0 aliphatic carbocycles. The summed E-state index contributed by atoms with van der Waals surface area (Å²) in [7, 11) is -3.83. The molecule has 4 aromatic rings. The van der Waals surface area contributed by atoms with Crippen LogP contribution in [0.2, 0.25) is 0 Å². The van der Waals surface area contributed by atoms with Gasteiger partial charge in [0.2, 0.25) is 0 Å². The second-order valence-corrected chi connectivity index (χ2v) is 12.6. The van der Waals surface area contributed by atoms with Crippen LogP contribution in [0.25, 0.3) is 0 Å². The zero-order valence-electron chi connectivity index (χ0n) is 24.4. The molecule has 4 aromatic carbocycles. The van der Waals surface area contributed by atoms with E-state index in [1.54, 1.807) is 0 Å². The molecule has 8 nitrogen and oxygen atoms in total. The molecule has 2 aliphatic rings. The van der Waals surface area contributed by atoms with Gasteiger partial charge in [-0.3, -0.25) is 0 Å². The molecule has 2 fully saturated rings. The molecule has 0 amide bonds. The highest BCUT2D eigenvalue weighted by Crippen LogP contribution is 2.59. The third-order valence-electron chi connectivity index (χ3n) is 7.75. The van der Waals surface area contributed by atoms with Crippen molar-refractivity contribution in [2.75, 3.05) is 19.8 Å². The first kappa shape index (κ1) is 31.0. The van der Waals surface area contributed by atoms with E-state index < -0.39 is 32.1 Å². The van der Waals surface area contributed by atoms with Gasteiger partial charge in [0.25, 0.3) is 0 Å². The zero-order valence-corrected chi connectivity index (χ0v) is 25.3. The van der Waals surface area contributed by atoms with Gasteiger partial charge in [0, 0.05) is 0 Å². The van der Waals surface area contributed by atoms with E-state index in [1.807, 2.05) is 121 Å². The summed E-state index contributed by atoms with van der Waals surface area (Å²) in [6.07, 6.45) is -1.68. The van der Waals surface area contributed by atoms with Gasteiger partial charge in [-0.15, -0.1) is 0 Å². The minimum Gasteiger partial charge on any atom is -0.606 e. The normalized spacial score (nSPS) is 26.9. The lowest BCUT2D eigenvalue weighted by Gasteiger charge is -2.51. The number of hydrogen-bond donors (Lipinski definition) is 0. The molecule has 230 valence electrons. The fourth-order valence-electron chi connectivity index (χ4n) is 5.31. The SMILES string of the molecule is [O-][P+]1(OCc2ccccc2)OCC2(CO1)OCC(OCc1ccccc1)[C@@H](OCc1ccccc1)[C@@H]2OCc1ccccc1. The van der Waals surface area contributed by atoms with Crippen LogP contribution in [-0.2, 0) is 58.9 Å². The van der Waals surface area contributed by atoms with Crippen molar-refractivity contribution in [3.63, 3.8) is 0 Å². The van der Waals surface area contributed by atoms with Gasteiger partial charge in [-0.2, -0.15) is 13.6 Å². The second-order valence-electron chi connectivity index (χ2n) is 10.9. The lowest BCUT2D eigenvalue weighted by Crippen LogP contribution is -2.67. The molecule has 1 unspecified atom stereocenters. The first-order valence-electron chi connectivity index (χ1n) is 14.8. The number of benzene rings is 4. The van der Waals surface area contributed by atoms with Gasteiger partial charge in [0.1, 0.15) is 38.1 Å². The molecule has 0 N–H and O–H groups in total. The van der Waals surface area contributed by atoms with Crippen LogP contribution >= 0.6 is 8.17 Å². The summed E-state index contributed by atoms with van der Waals surface area (Å²) >= 11 is 0. The van der Waals surface area contributed by atoms with Gasteiger partial charge >= 0.3 is 8.17 Å².